The standard InChI is InChI=1S/C20H19N3O2S/c1-14-7-9-17(10-8-14)23-13-24-18-6-4-3-5-16(18)12-22(20(23)26)19-11-15(2)25-21-19/h3-11H,12-13H2,1-2H3. The van der Waals surface area contributed by atoms with E-state index < -0.39 is 0 Å². The van der Waals surface area contributed by atoms with Crippen LogP contribution in [-0.4, -0.2) is 17.0 Å². The number of anilines is 2. The molecular weight excluding hydrogens is 346 g/mol. The van der Waals surface area contributed by atoms with Gasteiger partial charge in [-0.2, -0.15) is 0 Å². The van der Waals surface area contributed by atoms with Gasteiger partial charge in [-0.3, -0.25) is 9.80 Å². The van der Waals surface area contributed by atoms with Gasteiger partial charge in [0.15, 0.2) is 17.7 Å². The van der Waals surface area contributed by atoms with Crippen molar-refractivity contribution in [2.24, 2.45) is 0 Å². The van der Waals surface area contributed by atoms with Crippen LogP contribution in [0.2, 0.25) is 0 Å². The Kier molecular flexibility index (Phi) is 4.34. The Morgan fingerprint density at radius 1 is 1.00 bits per heavy atom. The Morgan fingerprint density at radius 3 is 2.50 bits per heavy atom. The van der Waals surface area contributed by atoms with Crippen molar-refractivity contribution in [2.75, 3.05) is 16.5 Å². The molecule has 0 bridgehead atoms. The van der Waals surface area contributed by atoms with Crippen molar-refractivity contribution in [3.05, 3.63) is 71.5 Å². The molecule has 0 saturated heterocycles. The molecule has 2 aromatic carbocycles. The van der Waals surface area contributed by atoms with E-state index in [-0.39, 0.29) is 0 Å². The number of thiocarbonyl (C=S) groups is 1. The topological polar surface area (TPSA) is 41.7 Å². The first-order valence-corrected chi connectivity index (χ1v) is 8.82. The summed E-state index contributed by atoms with van der Waals surface area (Å²) in [5, 5.41) is 4.80. The minimum Gasteiger partial charge on any atom is -0.472 e. The van der Waals surface area contributed by atoms with E-state index in [0.29, 0.717) is 24.2 Å². The molecule has 0 N–H and O–H groups in total. The quantitative estimate of drug-likeness (QED) is 0.626. The largest absolute Gasteiger partial charge is 0.472 e. The maximum atomic E-state index is 6.05. The Hall–Kier alpha value is -2.86. The third kappa shape index (κ3) is 3.15. The lowest BCUT2D eigenvalue weighted by Crippen LogP contribution is -2.46. The van der Waals surface area contributed by atoms with Crippen molar-refractivity contribution in [3.8, 4) is 5.75 Å². The zero-order chi connectivity index (χ0) is 18.1. The summed E-state index contributed by atoms with van der Waals surface area (Å²) in [6.07, 6.45) is 0. The lowest BCUT2D eigenvalue weighted by atomic mass is 10.1. The SMILES string of the molecule is Cc1ccc(N2COc3ccccc3CN(c3cc(C)on3)C2=S)cc1. The van der Waals surface area contributed by atoms with Gasteiger partial charge in [0.2, 0.25) is 0 Å². The van der Waals surface area contributed by atoms with E-state index in [1.54, 1.807) is 0 Å². The summed E-state index contributed by atoms with van der Waals surface area (Å²) in [6.45, 7) is 4.82. The van der Waals surface area contributed by atoms with Crippen molar-refractivity contribution in [1.82, 2.24) is 5.16 Å². The number of rotatable bonds is 2. The fourth-order valence-electron chi connectivity index (χ4n) is 2.92. The zero-order valence-electron chi connectivity index (χ0n) is 14.7. The van der Waals surface area contributed by atoms with Gasteiger partial charge in [-0.25, -0.2) is 0 Å². The average Bonchev–Trinajstić information content (AvgIpc) is 3.06. The van der Waals surface area contributed by atoms with Crippen molar-refractivity contribution < 1.29 is 9.26 Å². The third-order valence-electron chi connectivity index (χ3n) is 4.35. The molecule has 0 amide bonds. The van der Waals surface area contributed by atoms with Crippen LogP contribution in [0.5, 0.6) is 5.75 Å². The number of hydrogen-bond acceptors (Lipinski definition) is 4. The van der Waals surface area contributed by atoms with Gasteiger partial charge in [0.25, 0.3) is 0 Å². The van der Waals surface area contributed by atoms with Crippen molar-refractivity contribution >= 4 is 28.8 Å². The first-order valence-electron chi connectivity index (χ1n) is 8.41. The summed E-state index contributed by atoms with van der Waals surface area (Å²) in [7, 11) is 0. The first kappa shape index (κ1) is 16.6. The van der Waals surface area contributed by atoms with Crippen LogP contribution in [0.15, 0.2) is 59.1 Å². The molecule has 5 nitrogen and oxygen atoms in total. The molecule has 0 fully saturated rings. The van der Waals surface area contributed by atoms with Gasteiger partial charge in [-0.05, 0) is 44.3 Å². The zero-order valence-corrected chi connectivity index (χ0v) is 15.5. The van der Waals surface area contributed by atoms with Crippen LogP contribution >= 0.6 is 12.2 Å². The molecule has 0 aliphatic carbocycles. The molecule has 2 heterocycles. The van der Waals surface area contributed by atoms with Gasteiger partial charge >= 0.3 is 0 Å². The number of hydrogen-bond donors (Lipinski definition) is 0. The van der Waals surface area contributed by atoms with Crippen LogP contribution < -0.4 is 14.5 Å². The highest BCUT2D eigenvalue weighted by atomic mass is 32.1. The molecule has 0 atom stereocenters. The Labute approximate surface area is 157 Å². The summed E-state index contributed by atoms with van der Waals surface area (Å²) in [6, 6.07) is 18.1. The number of aryl methyl sites for hydroxylation is 2. The van der Waals surface area contributed by atoms with Gasteiger partial charge in [-0.1, -0.05) is 41.1 Å². The molecule has 0 radical (unpaired) electrons. The summed E-state index contributed by atoms with van der Waals surface area (Å²) < 4.78 is 11.3. The monoisotopic (exact) mass is 365 g/mol. The van der Waals surface area contributed by atoms with Crippen LogP contribution in [0.25, 0.3) is 0 Å². The maximum Gasteiger partial charge on any atom is 0.184 e. The maximum absolute atomic E-state index is 6.05. The Morgan fingerprint density at radius 2 is 1.77 bits per heavy atom. The van der Waals surface area contributed by atoms with Gasteiger partial charge in [-0.15, -0.1) is 0 Å². The van der Waals surface area contributed by atoms with Crippen LogP contribution in [0.1, 0.15) is 16.9 Å². The highest BCUT2D eigenvalue weighted by Crippen LogP contribution is 2.29. The lowest BCUT2D eigenvalue weighted by Gasteiger charge is -2.35. The van der Waals surface area contributed by atoms with Crippen LogP contribution in [0, 0.1) is 13.8 Å². The van der Waals surface area contributed by atoms with Crippen LogP contribution in [0.3, 0.4) is 0 Å². The fraction of sp³-hybridized carbons (Fsp3) is 0.200. The number of benzene rings is 2. The summed E-state index contributed by atoms with van der Waals surface area (Å²) in [4.78, 5) is 3.95. The first-order chi connectivity index (χ1) is 12.6. The molecule has 1 aliphatic heterocycles. The number of nitrogens with zero attached hydrogens (tertiary/aromatic N) is 3. The van der Waals surface area contributed by atoms with E-state index >= 15 is 0 Å². The number of fused-ring (bicyclic) bond motifs is 1. The molecule has 0 unspecified atom stereocenters. The van der Waals surface area contributed by atoms with Crippen molar-refractivity contribution in [1.29, 1.82) is 0 Å². The van der Waals surface area contributed by atoms with Crippen LogP contribution in [0.4, 0.5) is 11.5 Å². The van der Waals surface area contributed by atoms with Gasteiger partial charge in [0.05, 0.1) is 6.54 Å². The molecule has 1 aromatic heterocycles. The van der Waals surface area contributed by atoms with E-state index in [9.17, 15) is 0 Å². The van der Waals surface area contributed by atoms with E-state index in [4.69, 9.17) is 21.5 Å². The summed E-state index contributed by atoms with van der Waals surface area (Å²) in [5.41, 5.74) is 3.23. The minimum absolute atomic E-state index is 0.326. The molecule has 6 heteroatoms. The highest BCUT2D eigenvalue weighted by molar-refractivity contribution is 7.80. The molecular formula is C20H19N3O2S. The molecule has 1 aliphatic rings. The summed E-state index contributed by atoms with van der Waals surface area (Å²) >= 11 is 5.82. The molecule has 0 spiro atoms. The summed E-state index contributed by atoms with van der Waals surface area (Å²) in [5.74, 6) is 2.29. The van der Waals surface area contributed by atoms with E-state index in [0.717, 1.165) is 22.8 Å². The second-order valence-electron chi connectivity index (χ2n) is 6.31. The van der Waals surface area contributed by atoms with E-state index in [1.807, 2.05) is 59.2 Å². The molecule has 26 heavy (non-hydrogen) atoms. The molecule has 132 valence electrons. The predicted octanol–water partition coefficient (Wildman–Crippen LogP) is 4.44. The second kappa shape index (κ2) is 6.80. The van der Waals surface area contributed by atoms with E-state index in [1.165, 1.54) is 5.56 Å². The predicted molar refractivity (Wildman–Crippen MR) is 106 cm³/mol. The average molecular weight is 365 g/mol. The smallest absolute Gasteiger partial charge is 0.184 e. The Balaban J connectivity index is 1.77. The van der Waals surface area contributed by atoms with Gasteiger partial charge < -0.3 is 9.26 Å². The number of para-hydroxylation sites is 1. The van der Waals surface area contributed by atoms with E-state index in [2.05, 4.69) is 24.2 Å². The lowest BCUT2D eigenvalue weighted by molar-refractivity contribution is 0.323. The number of ether oxygens (including phenoxy) is 1. The van der Waals surface area contributed by atoms with Crippen LogP contribution in [-0.2, 0) is 6.54 Å². The minimum atomic E-state index is 0.326. The molecule has 4 rings (SSSR count). The normalized spacial score (nSPS) is 14.5. The van der Waals surface area contributed by atoms with Gasteiger partial charge in [0.1, 0.15) is 11.5 Å². The fourth-order valence-corrected chi connectivity index (χ4v) is 3.23. The second-order valence-corrected chi connectivity index (χ2v) is 6.67. The van der Waals surface area contributed by atoms with Crippen molar-refractivity contribution in [2.45, 2.75) is 20.4 Å². The third-order valence-corrected chi connectivity index (χ3v) is 4.79. The van der Waals surface area contributed by atoms with Crippen molar-refractivity contribution in [3.63, 3.8) is 0 Å². The van der Waals surface area contributed by atoms with Gasteiger partial charge in [0, 0.05) is 17.3 Å². The Bertz CT molecular complexity index is 936. The molecule has 3 aromatic rings. The number of aromatic nitrogens is 1. The molecule has 0 saturated carbocycles. The highest BCUT2D eigenvalue weighted by Gasteiger charge is 2.26.